The van der Waals surface area contributed by atoms with Crippen molar-refractivity contribution in [1.29, 1.82) is 0 Å². The van der Waals surface area contributed by atoms with Crippen LogP contribution in [-0.2, 0) is 4.84 Å². The number of rotatable bonds is 2. The molecule has 0 aromatic heterocycles. The van der Waals surface area contributed by atoms with Crippen molar-refractivity contribution in [3.8, 4) is 11.8 Å². The maximum Gasteiger partial charge on any atom is 0.131 e. The van der Waals surface area contributed by atoms with Gasteiger partial charge in [-0.1, -0.05) is 36.1 Å². The highest BCUT2D eigenvalue weighted by Gasteiger charge is 2.19. The van der Waals surface area contributed by atoms with Crippen molar-refractivity contribution in [2.24, 2.45) is 0 Å². The van der Waals surface area contributed by atoms with E-state index in [1.54, 1.807) is 12.1 Å². The lowest BCUT2D eigenvalue weighted by molar-refractivity contribution is 0.0510. The van der Waals surface area contributed by atoms with Crippen molar-refractivity contribution in [3.05, 3.63) is 77.1 Å². The molecule has 1 aliphatic heterocycles. The average Bonchev–Trinajstić information content (AvgIpc) is 3.04. The molecule has 1 atom stereocenters. The predicted octanol–water partition coefficient (Wildman–Crippen LogP) is 2.79. The highest BCUT2D eigenvalue weighted by molar-refractivity contribution is 5.66. The van der Waals surface area contributed by atoms with Gasteiger partial charge in [-0.05, 0) is 35.9 Å². The lowest BCUT2D eigenvalue weighted by atomic mass is 10.0. The predicted molar refractivity (Wildman–Crippen MR) is 81.7 cm³/mol. The molecule has 4 heteroatoms. The molecule has 110 valence electrons. The quantitative estimate of drug-likeness (QED) is 0.837. The normalized spacial score (nSPS) is 16.5. The molecule has 0 radical (unpaired) electrons. The van der Waals surface area contributed by atoms with E-state index in [0.717, 1.165) is 22.4 Å². The Morgan fingerprint density at radius 1 is 1.18 bits per heavy atom. The second kappa shape index (κ2) is 6.44. The Balaban J connectivity index is 1.84. The molecule has 2 aromatic carbocycles. The number of nitrogens with one attached hydrogen (secondary N) is 1. The van der Waals surface area contributed by atoms with Crippen LogP contribution in [0.5, 0.6) is 0 Å². The Bertz CT molecular complexity index is 757. The van der Waals surface area contributed by atoms with Crippen LogP contribution in [0.3, 0.4) is 0 Å². The first kappa shape index (κ1) is 14.3. The van der Waals surface area contributed by atoms with Crippen LogP contribution in [0.25, 0.3) is 5.70 Å². The summed E-state index contributed by atoms with van der Waals surface area (Å²) in [6, 6.07) is 13.8. The number of hydroxylamine groups is 1. The van der Waals surface area contributed by atoms with Gasteiger partial charge >= 0.3 is 0 Å². The van der Waals surface area contributed by atoms with E-state index in [1.165, 1.54) is 12.1 Å². The van der Waals surface area contributed by atoms with Crippen LogP contribution in [0.15, 0.2) is 54.6 Å². The Kier molecular flexibility index (Phi) is 4.19. The smallest absolute Gasteiger partial charge is 0.131 e. The van der Waals surface area contributed by atoms with E-state index >= 15 is 0 Å². The molecule has 0 aliphatic carbocycles. The summed E-state index contributed by atoms with van der Waals surface area (Å²) >= 11 is 0. The molecule has 1 aliphatic rings. The summed E-state index contributed by atoms with van der Waals surface area (Å²) in [6.45, 7) is -0.166. The Labute approximate surface area is 128 Å². The summed E-state index contributed by atoms with van der Waals surface area (Å²) < 4.78 is 13.0. The number of hydrogen-bond acceptors (Lipinski definition) is 3. The molecule has 0 saturated carbocycles. The third kappa shape index (κ3) is 3.17. The molecule has 0 spiro atoms. The fraction of sp³-hybridized carbons (Fsp3) is 0.111. The zero-order valence-electron chi connectivity index (χ0n) is 11.7. The lowest BCUT2D eigenvalue weighted by Crippen LogP contribution is -2.07. The highest BCUT2D eigenvalue weighted by atomic mass is 19.1. The van der Waals surface area contributed by atoms with Gasteiger partial charge in [0.2, 0.25) is 0 Å². The zero-order chi connectivity index (χ0) is 15.4. The molecular weight excluding hydrogens is 281 g/mol. The van der Waals surface area contributed by atoms with Crippen molar-refractivity contribution < 1.29 is 14.3 Å². The molecule has 0 bridgehead atoms. The van der Waals surface area contributed by atoms with Gasteiger partial charge in [-0.25, -0.2) is 4.39 Å². The van der Waals surface area contributed by atoms with Gasteiger partial charge in [0.05, 0.1) is 5.70 Å². The van der Waals surface area contributed by atoms with E-state index < -0.39 is 0 Å². The average molecular weight is 295 g/mol. The second-order valence-corrected chi connectivity index (χ2v) is 4.81. The van der Waals surface area contributed by atoms with Crippen molar-refractivity contribution in [1.82, 2.24) is 5.48 Å². The van der Waals surface area contributed by atoms with E-state index in [2.05, 4.69) is 17.3 Å². The summed E-state index contributed by atoms with van der Waals surface area (Å²) in [7, 11) is 0. The fourth-order valence-corrected chi connectivity index (χ4v) is 2.22. The van der Waals surface area contributed by atoms with Gasteiger partial charge < -0.3 is 5.11 Å². The third-order valence-corrected chi connectivity index (χ3v) is 3.30. The lowest BCUT2D eigenvalue weighted by Gasteiger charge is -2.07. The summed E-state index contributed by atoms with van der Waals surface area (Å²) in [6.07, 6.45) is 1.68. The third-order valence-electron chi connectivity index (χ3n) is 3.30. The first-order valence-corrected chi connectivity index (χ1v) is 6.85. The molecule has 22 heavy (non-hydrogen) atoms. The van der Waals surface area contributed by atoms with Crippen molar-refractivity contribution >= 4 is 5.70 Å². The van der Waals surface area contributed by atoms with Crippen LogP contribution >= 0.6 is 0 Å². The topological polar surface area (TPSA) is 41.5 Å². The van der Waals surface area contributed by atoms with Gasteiger partial charge in [0, 0.05) is 11.1 Å². The molecule has 3 nitrogen and oxygen atoms in total. The van der Waals surface area contributed by atoms with Gasteiger partial charge in [0.15, 0.2) is 0 Å². The molecule has 2 N–H and O–H groups in total. The van der Waals surface area contributed by atoms with Gasteiger partial charge in [0.25, 0.3) is 0 Å². The first-order valence-electron chi connectivity index (χ1n) is 6.85. The van der Waals surface area contributed by atoms with Crippen molar-refractivity contribution in [2.75, 3.05) is 6.61 Å². The Morgan fingerprint density at radius 3 is 2.77 bits per heavy atom. The maximum atomic E-state index is 13.0. The van der Waals surface area contributed by atoms with Crippen molar-refractivity contribution in [2.45, 2.75) is 6.10 Å². The number of aliphatic hydroxyl groups is 1. The summed E-state index contributed by atoms with van der Waals surface area (Å²) in [5.74, 6) is 5.22. The molecule has 2 aromatic rings. The maximum absolute atomic E-state index is 13.0. The van der Waals surface area contributed by atoms with Crippen LogP contribution in [0, 0.1) is 17.7 Å². The molecule has 0 fully saturated rings. The molecule has 0 amide bonds. The summed E-state index contributed by atoms with van der Waals surface area (Å²) in [4.78, 5) is 5.53. The Hall–Kier alpha value is -2.61. The largest absolute Gasteiger partial charge is 0.384 e. The van der Waals surface area contributed by atoms with E-state index in [9.17, 15) is 4.39 Å². The van der Waals surface area contributed by atoms with Crippen LogP contribution in [0.2, 0.25) is 0 Å². The number of aliphatic hydroxyl groups excluding tert-OH is 1. The second-order valence-electron chi connectivity index (χ2n) is 4.81. The van der Waals surface area contributed by atoms with Crippen LogP contribution < -0.4 is 5.48 Å². The van der Waals surface area contributed by atoms with Crippen LogP contribution in [-0.4, -0.2) is 11.7 Å². The van der Waals surface area contributed by atoms with Gasteiger partial charge in [0.1, 0.15) is 18.5 Å². The molecule has 1 unspecified atom stereocenters. The monoisotopic (exact) mass is 295 g/mol. The molecule has 0 saturated heterocycles. The number of halogens is 1. The Morgan fingerprint density at radius 2 is 2.00 bits per heavy atom. The highest BCUT2D eigenvalue weighted by Crippen LogP contribution is 2.28. The minimum atomic E-state index is -0.269. The van der Waals surface area contributed by atoms with Crippen LogP contribution in [0.4, 0.5) is 4.39 Å². The molecular formula is C18H14FNO2. The zero-order valence-corrected chi connectivity index (χ0v) is 11.7. The van der Waals surface area contributed by atoms with Gasteiger partial charge in [-0.3, -0.25) is 10.3 Å². The van der Waals surface area contributed by atoms with E-state index in [4.69, 9.17) is 9.94 Å². The van der Waals surface area contributed by atoms with Gasteiger partial charge in [-0.2, -0.15) is 0 Å². The summed E-state index contributed by atoms with van der Waals surface area (Å²) in [5.41, 5.74) is 6.36. The number of benzene rings is 2. The fourth-order valence-electron chi connectivity index (χ4n) is 2.22. The van der Waals surface area contributed by atoms with E-state index in [1.807, 2.05) is 30.3 Å². The standard InChI is InChI=1S/C18H14FNO2/c19-16-8-6-14(7-9-16)18-12-17(20-22-18)15-5-1-3-13(11-15)4-2-10-21/h1,3,5-9,11-12,18,20-21H,10H2. The minimum absolute atomic E-state index is 0.166. The molecule has 1 heterocycles. The van der Waals surface area contributed by atoms with Crippen LogP contribution in [0.1, 0.15) is 22.8 Å². The summed E-state index contributed by atoms with van der Waals surface area (Å²) in [5, 5.41) is 8.74. The number of hydrogen-bond donors (Lipinski definition) is 2. The van der Waals surface area contributed by atoms with E-state index in [-0.39, 0.29) is 18.5 Å². The first-order chi connectivity index (χ1) is 10.8. The minimum Gasteiger partial charge on any atom is -0.384 e. The molecule has 3 rings (SSSR count). The van der Waals surface area contributed by atoms with Crippen molar-refractivity contribution in [3.63, 3.8) is 0 Å². The SMILES string of the molecule is OCC#Cc1cccc(C2=CC(c3ccc(F)cc3)ON2)c1. The van der Waals surface area contributed by atoms with E-state index in [0.29, 0.717) is 0 Å². The van der Waals surface area contributed by atoms with Gasteiger partial charge in [-0.15, -0.1) is 0 Å².